The molecule has 0 amide bonds. The highest BCUT2D eigenvalue weighted by Gasteiger charge is 2.52. The lowest BCUT2D eigenvalue weighted by atomic mass is 9.91. The van der Waals surface area contributed by atoms with Gasteiger partial charge in [-0.25, -0.2) is 0 Å². The van der Waals surface area contributed by atoms with Crippen LogP contribution in [0.15, 0.2) is 0 Å². The highest BCUT2D eigenvalue weighted by atomic mass is 16.8. The van der Waals surface area contributed by atoms with Crippen LogP contribution in [0, 0.1) is 5.92 Å². The van der Waals surface area contributed by atoms with Crippen LogP contribution in [0.3, 0.4) is 0 Å². The molecular formula is C20H36O14. The van der Waals surface area contributed by atoms with Crippen LogP contribution in [0.1, 0.15) is 13.8 Å². The Kier molecular flexibility index (Phi) is 9.61. The van der Waals surface area contributed by atoms with Gasteiger partial charge in [-0.05, 0) is 6.92 Å². The van der Waals surface area contributed by atoms with Crippen LogP contribution in [-0.2, 0) is 28.4 Å². The summed E-state index contributed by atoms with van der Waals surface area (Å²) in [5.41, 5.74) is 0. The molecule has 3 heterocycles. The molecular weight excluding hydrogens is 464 g/mol. The topological polar surface area (TPSA) is 217 Å². The van der Waals surface area contributed by atoms with Crippen LogP contribution in [0.5, 0.6) is 0 Å². The molecule has 15 atom stereocenters. The SMILES string of the molecule is COC1OC(CO)C(OC2OC(C)C(OC3OC(CO)C(C)C(O)C3O)C(O)C2O)C(O)C1O. The van der Waals surface area contributed by atoms with Crippen LogP contribution in [0.4, 0.5) is 0 Å². The van der Waals surface area contributed by atoms with Crippen molar-refractivity contribution in [3.05, 3.63) is 0 Å². The summed E-state index contributed by atoms with van der Waals surface area (Å²) in [6, 6.07) is 0. The van der Waals surface area contributed by atoms with Crippen molar-refractivity contribution in [3.63, 3.8) is 0 Å². The Morgan fingerprint density at radius 3 is 1.65 bits per heavy atom. The lowest BCUT2D eigenvalue weighted by Gasteiger charge is -2.48. The van der Waals surface area contributed by atoms with Gasteiger partial charge in [0.25, 0.3) is 0 Å². The maximum atomic E-state index is 10.7. The van der Waals surface area contributed by atoms with Gasteiger partial charge in [-0.3, -0.25) is 0 Å². The zero-order valence-electron chi connectivity index (χ0n) is 19.1. The Morgan fingerprint density at radius 1 is 0.588 bits per heavy atom. The third kappa shape index (κ3) is 5.40. The first kappa shape index (κ1) is 28.0. The predicted molar refractivity (Wildman–Crippen MR) is 108 cm³/mol. The molecule has 15 unspecified atom stereocenters. The molecule has 3 aliphatic rings. The molecule has 0 aliphatic carbocycles. The highest BCUT2D eigenvalue weighted by molar-refractivity contribution is 4.95. The second-order valence-electron chi connectivity index (χ2n) is 8.90. The normalized spacial score (nSPS) is 52.5. The molecule has 14 nitrogen and oxygen atoms in total. The Morgan fingerprint density at radius 2 is 1.06 bits per heavy atom. The van der Waals surface area contributed by atoms with E-state index in [4.69, 9.17) is 28.4 Å². The molecule has 0 saturated carbocycles. The van der Waals surface area contributed by atoms with E-state index in [1.54, 1.807) is 6.92 Å². The van der Waals surface area contributed by atoms with E-state index < -0.39 is 105 Å². The molecule has 34 heavy (non-hydrogen) atoms. The summed E-state index contributed by atoms with van der Waals surface area (Å²) in [6.07, 6.45) is -18.8. The second kappa shape index (κ2) is 11.7. The van der Waals surface area contributed by atoms with Crippen molar-refractivity contribution in [2.75, 3.05) is 20.3 Å². The Bertz CT molecular complexity index is 636. The molecule has 8 N–H and O–H groups in total. The number of aliphatic hydroxyl groups excluding tert-OH is 8. The fourth-order valence-electron chi connectivity index (χ4n) is 4.42. The zero-order chi connectivity index (χ0) is 25.3. The Hall–Kier alpha value is -0.560. The summed E-state index contributed by atoms with van der Waals surface area (Å²) in [6.45, 7) is 2.04. The molecule has 14 heteroatoms. The van der Waals surface area contributed by atoms with Gasteiger partial charge < -0.3 is 69.3 Å². The van der Waals surface area contributed by atoms with Crippen LogP contribution in [0.2, 0.25) is 0 Å². The van der Waals surface area contributed by atoms with E-state index in [0.717, 1.165) is 0 Å². The summed E-state index contributed by atoms with van der Waals surface area (Å²) in [5.74, 6) is -0.579. The molecule has 0 bridgehead atoms. The van der Waals surface area contributed by atoms with Crippen molar-refractivity contribution in [3.8, 4) is 0 Å². The fourth-order valence-corrected chi connectivity index (χ4v) is 4.42. The molecule has 3 rings (SSSR count). The van der Waals surface area contributed by atoms with E-state index in [0.29, 0.717) is 0 Å². The number of ether oxygens (including phenoxy) is 6. The minimum absolute atomic E-state index is 0.434. The van der Waals surface area contributed by atoms with Crippen LogP contribution >= 0.6 is 0 Å². The van der Waals surface area contributed by atoms with E-state index in [1.165, 1.54) is 14.0 Å². The third-order valence-corrected chi connectivity index (χ3v) is 6.66. The number of rotatable bonds is 7. The Labute approximate surface area is 196 Å². The standard InChI is InChI=1S/C20H36O14/c1-6-8(4-21)31-20(13(26)10(6)23)33-16-7(2)30-19(15(28)11(16)24)34-17-9(5-22)32-18(29-3)14(27)12(17)25/h6-28H,4-5H2,1-3H3. The van der Waals surface area contributed by atoms with Crippen molar-refractivity contribution in [2.45, 2.75) is 99.9 Å². The summed E-state index contributed by atoms with van der Waals surface area (Å²) < 4.78 is 32.7. The molecule has 0 aromatic rings. The lowest BCUT2D eigenvalue weighted by molar-refractivity contribution is -0.373. The van der Waals surface area contributed by atoms with Gasteiger partial charge in [-0.2, -0.15) is 0 Å². The summed E-state index contributed by atoms with van der Waals surface area (Å²) in [4.78, 5) is 0. The molecule has 3 aliphatic heterocycles. The molecule has 0 spiro atoms. The second-order valence-corrected chi connectivity index (χ2v) is 8.90. The van der Waals surface area contributed by atoms with Gasteiger partial charge >= 0.3 is 0 Å². The van der Waals surface area contributed by atoms with Crippen molar-refractivity contribution in [1.82, 2.24) is 0 Å². The molecule has 0 aromatic carbocycles. The summed E-state index contributed by atoms with van der Waals surface area (Å²) >= 11 is 0. The maximum absolute atomic E-state index is 10.7. The van der Waals surface area contributed by atoms with E-state index in [-0.39, 0.29) is 0 Å². The van der Waals surface area contributed by atoms with Gasteiger partial charge in [0.1, 0.15) is 48.8 Å². The van der Waals surface area contributed by atoms with Gasteiger partial charge in [0.15, 0.2) is 18.9 Å². The van der Waals surface area contributed by atoms with Crippen molar-refractivity contribution in [2.24, 2.45) is 5.92 Å². The quantitative estimate of drug-likeness (QED) is 0.165. The predicted octanol–water partition coefficient (Wildman–Crippen LogP) is -4.62. The molecule has 200 valence electrons. The van der Waals surface area contributed by atoms with Crippen molar-refractivity contribution >= 4 is 0 Å². The molecule has 3 saturated heterocycles. The smallest absolute Gasteiger partial charge is 0.187 e. The minimum Gasteiger partial charge on any atom is -0.394 e. The average Bonchev–Trinajstić information content (AvgIpc) is 2.82. The zero-order valence-corrected chi connectivity index (χ0v) is 19.1. The van der Waals surface area contributed by atoms with E-state index >= 15 is 0 Å². The van der Waals surface area contributed by atoms with E-state index in [1.807, 2.05) is 0 Å². The van der Waals surface area contributed by atoms with Gasteiger partial charge in [-0.1, -0.05) is 6.92 Å². The molecule has 3 fully saturated rings. The monoisotopic (exact) mass is 500 g/mol. The van der Waals surface area contributed by atoms with Gasteiger partial charge in [0.05, 0.1) is 31.5 Å². The number of hydrogen-bond acceptors (Lipinski definition) is 14. The van der Waals surface area contributed by atoms with Crippen molar-refractivity contribution in [1.29, 1.82) is 0 Å². The van der Waals surface area contributed by atoms with Gasteiger partial charge in [0, 0.05) is 13.0 Å². The molecule has 0 aromatic heterocycles. The first-order valence-electron chi connectivity index (χ1n) is 11.2. The fraction of sp³-hybridized carbons (Fsp3) is 1.00. The van der Waals surface area contributed by atoms with Crippen LogP contribution in [0.25, 0.3) is 0 Å². The molecule has 0 radical (unpaired) electrons. The lowest BCUT2D eigenvalue weighted by Crippen LogP contribution is -2.65. The summed E-state index contributed by atoms with van der Waals surface area (Å²) in [7, 11) is 1.25. The number of hydrogen-bond donors (Lipinski definition) is 8. The average molecular weight is 500 g/mol. The first-order valence-corrected chi connectivity index (χ1v) is 11.2. The first-order chi connectivity index (χ1) is 16.0. The maximum Gasteiger partial charge on any atom is 0.187 e. The minimum atomic E-state index is -1.72. The number of methoxy groups -OCH3 is 1. The van der Waals surface area contributed by atoms with Gasteiger partial charge in [-0.15, -0.1) is 0 Å². The highest BCUT2D eigenvalue weighted by Crippen LogP contribution is 2.33. The van der Waals surface area contributed by atoms with Crippen molar-refractivity contribution < 1.29 is 69.3 Å². The summed E-state index contributed by atoms with van der Waals surface area (Å²) in [5, 5.41) is 81.5. The number of aliphatic hydroxyl groups is 8. The Balaban J connectivity index is 1.67. The largest absolute Gasteiger partial charge is 0.394 e. The van der Waals surface area contributed by atoms with E-state index in [9.17, 15) is 40.9 Å². The van der Waals surface area contributed by atoms with Crippen LogP contribution in [-0.4, -0.2) is 147 Å². The van der Waals surface area contributed by atoms with E-state index in [2.05, 4.69) is 0 Å². The third-order valence-electron chi connectivity index (χ3n) is 6.66. The van der Waals surface area contributed by atoms with Crippen LogP contribution < -0.4 is 0 Å². The van der Waals surface area contributed by atoms with Gasteiger partial charge in [0.2, 0.25) is 0 Å².